The van der Waals surface area contributed by atoms with Crippen LogP contribution in [0.15, 0.2) is 36.4 Å². The van der Waals surface area contributed by atoms with Gasteiger partial charge in [-0.3, -0.25) is 19.3 Å². The Morgan fingerprint density at radius 3 is 2.21 bits per heavy atom. The molecule has 1 aliphatic heterocycles. The zero-order valence-electron chi connectivity index (χ0n) is 18.0. The zero-order valence-corrected chi connectivity index (χ0v) is 18.0. The van der Waals surface area contributed by atoms with Gasteiger partial charge in [-0.25, -0.2) is 9.59 Å². The number of nitrogens with zero attached hydrogens (tertiary/aromatic N) is 1. The first-order chi connectivity index (χ1) is 15.6. The van der Waals surface area contributed by atoms with Crippen molar-refractivity contribution in [2.75, 3.05) is 16.8 Å². The minimum absolute atomic E-state index is 0.0434. The monoisotopic (exact) mass is 454 g/mol. The summed E-state index contributed by atoms with van der Waals surface area (Å²) < 4.78 is 5.59. The number of ketones is 1. The summed E-state index contributed by atoms with van der Waals surface area (Å²) in [6.07, 6.45) is 0.120. The molecular formula is C23H22N2O8. The first-order valence-corrected chi connectivity index (χ1v) is 10.2. The Kier molecular flexibility index (Phi) is 6.76. The van der Waals surface area contributed by atoms with Crippen molar-refractivity contribution in [3.05, 3.63) is 53.1 Å². The van der Waals surface area contributed by atoms with Gasteiger partial charge in [0.15, 0.2) is 11.9 Å². The minimum atomic E-state index is -1.36. The summed E-state index contributed by atoms with van der Waals surface area (Å²) in [4.78, 5) is 61.5. The van der Waals surface area contributed by atoms with Crippen LogP contribution in [0, 0.1) is 0 Å². The molecule has 10 heteroatoms. The smallest absolute Gasteiger partial charge is 0.335 e. The van der Waals surface area contributed by atoms with E-state index < -0.39 is 36.4 Å². The molecule has 2 aromatic rings. The van der Waals surface area contributed by atoms with E-state index in [1.807, 2.05) is 6.92 Å². The lowest BCUT2D eigenvalue weighted by atomic mass is 10.0. The number of carboxylic acids is 2. The third-order valence-corrected chi connectivity index (χ3v) is 4.98. The molecule has 172 valence electrons. The van der Waals surface area contributed by atoms with Crippen LogP contribution in [0.1, 0.15) is 57.8 Å². The van der Waals surface area contributed by atoms with Crippen LogP contribution in [0.5, 0.6) is 5.75 Å². The highest BCUT2D eigenvalue weighted by Crippen LogP contribution is 2.35. The van der Waals surface area contributed by atoms with Crippen LogP contribution < -0.4 is 15.0 Å². The Balaban J connectivity index is 1.89. The van der Waals surface area contributed by atoms with Crippen LogP contribution in [-0.4, -0.2) is 52.4 Å². The van der Waals surface area contributed by atoms with Crippen molar-refractivity contribution in [3.8, 4) is 5.75 Å². The predicted octanol–water partition coefficient (Wildman–Crippen LogP) is 2.82. The van der Waals surface area contributed by atoms with Gasteiger partial charge < -0.3 is 20.3 Å². The molecule has 0 fully saturated rings. The maximum Gasteiger partial charge on any atom is 0.335 e. The number of ether oxygens (including phenoxy) is 1. The van der Waals surface area contributed by atoms with Crippen LogP contribution in [0.3, 0.4) is 0 Å². The summed E-state index contributed by atoms with van der Waals surface area (Å²) in [5.41, 5.74) is -0.0255. The van der Waals surface area contributed by atoms with Gasteiger partial charge in [-0.15, -0.1) is 0 Å². The fourth-order valence-electron chi connectivity index (χ4n) is 3.41. The molecule has 3 N–H and O–H groups in total. The molecule has 0 aliphatic carbocycles. The molecule has 0 aromatic heterocycles. The van der Waals surface area contributed by atoms with E-state index in [9.17, 15) is 34.2 Å². The summed E-state index contributed by atoms with van der Waals surface area (Å²) in [5, 5.41) is 20.8. The van der Waals surface area contributed by atoms with Crippen molar-refractivity contribution >= 4 is 40.9 Å². The Morgan fingerprint density at radius 2 is 1.64 bits per heavy atom. The molecule has 33 heavy (non-hydrogen) atoms. The Labute approximate surface area is 188 Å². The molecule has 0 saturated carbocycles. The number of carbonyl (C=O) groups excluding carboxylic acids is 3. The lowest BCUT2D eigenvalue weighted by molar-refractivity contribution is -0.127. The topological polar surface area (TPSA) is 150 Å². The Hall–Kier alpha value is -4.21. The van der Waals surface area contributed by atoms with Gasteiger partial charge >= 0.3 is 11.9 Å². The maximum atomic E-state index is 12.8. The van der Waals surface area contributed by atoms with E-state index in [0.29, 0.717) is 24.2 Å². The van der Waals surface area contributed by atoms with Gasteiger partial charge in [0, 0.05) is 17.7 Å². The van der Waals surface area contributed by atoms with E-state index >= 15 is 0 Å². The Bertz CT molecular complexity index is 1120. The quantitative estimate of drug-likeness (QED) is 0.515. The van der Waals surface area contributed by atoms with Crippen molar-refractivity contribution in [2.24, 2.45) is 0 Å². The number of fused-ring (bicyclic) bond motifs is 1. The lowest BCUT2D eigenvalue weighted by Crippen LogP contribution is -2.47. The number of benzene rings is 2. The second-order valence-corrected chi connectivity index (χ2v) is 7.50. The summed E-state index contributed by atoms with van der Waals surface area (Å²) in [6.45, 7) is 2.95. The highest BCUT2D eigenvalue weighted by Gasteiger charge is 2.33. The second-order valence-electron chi connectivity index (χ2n) is 7.50. The molecule has 0 radical (unpaired) electrons. The number of rotatable bonds is 8. The third-order valence-electron chi connectivity index (χ3n) is 4.98. The molecule has 1 heterocycles. The van der Waals surface area contributed by atoms with Crippen LogP contribution in [-0.2, 0) is 9.59 Å². The molecule has 0 bridgehead atoms. The number of hydrogen-bond acceptors (Lipinski definition) is 6. The van der Waals surface area contributed by atoms with Crippen LogP contribution in [0.4, 0.5) is 11.4 Å². The highest BCUT2D eigenvalue weighted by molar-refractivity contribution is 6.08. The fraction of sp³-hybridized carbons (Fsp3) is 0.261. The Morgan fingerprint density at radius 1 is 1.00 bits per heavy atom. The van der Waals surface area contributed by atoms with Gasteiger partial charge in [-0.1, -0.05) is 6.92 Å². The van der Waals surface area contributed by atoms with Crippen molar-refractivity contribution in [2.45, 2.75) is 32.8 Å². The van der Waals surface area contributed by atoms with Crippen molar-refractivity contribution in [1.82, 2.24) is 0 Å². The molecule has 1 atom stereocenters. The van der Waals surface area contributed by atoms with Gasteiger partial charge in [-0.05, 0) is 49.7 Å². The number of carboxylic acid groups (broad SMARTS) is 2. The molecule has 0 saturated heterocycles. The zero-order chi connectivity index (χ0) is 24.3. The number of amides is 2. The standard InChI is InChI=1S/C23H22N2O8/c1-3-4-18(26)13-5-6-19-17(10-13)25(21(28)12(2)33-19)11-20(27)24-16-8-14(22(29)30)7-15(9-16)23(31)32/h5-10,12H,3-4,11H2,1-2H3,(H,24,27)(H,29,30)(H,31,32). The molecule has 2 aromatic carbocycles. The van der Waals surface area contributed by atoms with E-state index in [4.69, 9.17) is 4.74 Å². The third kappa shape index (κ3) is 5.17. The van der Waals surface area contributed by atoms with E-state index in [1.165, 1.54) is 17.9 Å². The van der Waals surface area contributed by atoms with Gasteiger partial charge in [0.2, 0.25) is 5.91 Å². The van der Waals surface area contributed by atoms with E-state index in [-0.39, 0.29) is 28.3 Å². The summed E-state index contributed by atoms with van der Waals surface area (Å²) >= 11 is 0. The maximum absolute atomic E-state index is 12.8. The van der Waals surface area contributed by atoms with E-state index in [0.717, 1.165) is 18.2 Å². The molecule has 1 aliphatic rings. The van der Waals surface area contributed by atoms with Gasteiger partial charge in [0.25, 0.3) is 5.91 Å². The van der Waals surface area contributed by atoms with Gasteiger partial charge in [-0.2, -0.15) is 0 Å². The number of aromatic carboxylic acids is 2. The van der Waals surface area contributed by atoms with Crippen molar-refractivity contribution in [1.29, 1.82) is 0 Å². The number of Topliss-reactive ketones (excluding diaryl/α,β-unsaturated/α-hetero) is 1. The molecule has 1 unspecified atom stereocenters. The molecule has 2 amide bonds. The van der Waals surface area contributed by atoms with Crippen molar-refractivity contribution in [3.63, 3.8) is 0 Å². The highest BCUT2D eigenvalue weighted by atomic mass is 16.5. The average molecular weight is 454 g/mol. The number of hydrogen-bond donors (Lipinski definition) is 3. The fourth-order valence-corrected chi connectivity index (χ4v) is 3.41. The van der Waals surface area contributed by atoms with Gasteiger partial charge in [0.05, 0.1) is 16.8 Å². The van der Waals surface area contributed by atoms with E-state index in [2.05, 4.69) is 5.32 Å². The minimum Gasteiger partial charge on any atom is -0.479 e. The first-order valence-electron chi connectivity index (χ1n) is 10.2. The second kappa shape index (κ2) is 9.51. The van der Waals surface area contributed by atoms with E-state index in [1.54, 1.807) is 12.1 Å². The SMILES string of the molecule is CCCC(=O)c1ccc2c(c1)N(CC(=O)Nc1cc(C(=O)O)cc(C(=O)O)c1)C(=O)C(C)O2. The van der Waals surface area contributed by atoms with Crippen LogP contribution in [0.25, 0.3) is 0 Å². The molecule has 10 nitrogen and oxygen atoms in total. The van der Waals surface area contributed by atoms with Crippen LogP contribution >= 0.6 is 0 Å². The number of carbonyl (C=O) groups is 5. The largest absolute Gasteiger partial charge is 0.479 e. The van der Waals surface area contributed by atoms with Crippen molar-refractivity contribution < 1.29 is 38.9 Å². The van der Waals surface area contributed by atoms with Gasteiger partial charge in [0.1, 0.15) is 12.3 Å². The average Bonchev–Trinajstić information content (AvgIpc) is 2.76. The number of nitrogens with one attached hydrogen (secondary N) is 1. The van der Waals surface area contributed by atoms with Crippen LogP contribution in [0.2, 0.25) is 0 Å². The summed E-state index contributed by atoms with van der Waals surface area (Å²) in [5.74, 6) is -3.67. The summed E-state index contributed by atoms with van der Waals surface area (Å²) in [7, 11) is 0. The lowest BCUT2D eigenvalue weighted by Gasteiger charge is -2.32. The molecular weight excluding hydrogens is 432 g/mol. The normalized spacial score (nSPS) is 14.8. The molecule has 0 spiro atoms. The number of anilines is 2. The predicted molar refractivity (Wildman–Crippen MR) is 117 cm³/mol. The molecule has 3 rings (SSSR count). The summed E-state index contributed by atoms with van der Waals surface area (Å²) in [6, 6.07) is 7.87. The first kappa shape index (κ1) is 23.5.